The molecule has 2 aromatic rings. The summed E-state index contributed by atoms with van der Waals surface area (Å²) in [7, 11) is 0. The summed E-state index contributed by atoms with van der Waals surface area (Å²) in [4.78, 5) is 3.56. The van der Waals surface area contributed by atoms with Crippen LogP contribution in [0.25, 0.3) is 11.3 Å². The molecule has 1 aliphatic rings. The molecule has 0 saturated heterocycles. The SMILES string of the molecule is C=C1CCC/C(=C\CNCCNC[C@H](O)c2cc(-c3ccc(C(F)(F)F)cc3)nc(C(F)(F)F)c2)C1. The number of nitrogens with zero attached hydrogens (tertiary/aromatic N) is 1. The van der Waals surface area contributed by atoms with Crippen LogP contribution in [0.1, 0.15) is 48.6 Å². The van der Waals surface area contributed by atoms with Gasteiger partial charge >= 0.3 is 12.4 Å². The molecule has 196 valence electrons. The van der Waals surface area contributed by atoms with Gasteiger partial charge < -0.3 is 15.7 Å². The van der Waals surface area contributed by atoms with Crippen LogP contribution in [0.2, 0.25) is 0 Å². The fraction of sp³-hybridized carbons (Fsp3) is 0.423. The number of alkyl halides is 6. The van der Waals surface area contributed by atoms with Crippen molar-refractivity contribution >= 4 is 0 Å². The Morgan fingerprint density at radius 1 is 0.972 bits per heavy atom. The van der Waals surface area contributed by atoms with E-state index in [-0.39, 0.29) is 23.4 Å². The smallest absolute Gasteiger partial charge is 0.387 e. The van der Waals surface area contributed by atoms with Gasteiger partial charge in [0.2, 0.25) is 0 Å². The van der Waals surface area contributed by atoms with Crippen molar-refractivity contribution in [2.45, 2.75) is 44.1 Å². The minimum atomic E-state index is -4.78. The second-order valence-corrected chi connectivity index (χ2v) is 8.81. The number of aromatic nitrogens is 1. The first-order chi connectivity index (χ1) is 16.9. The number of allylic oxidation sites excluding steroid dienone is 2. The molecule has 1 atom stereocenters. The van der Waals surface area contributed by atoms with Crippen LogP contribution >= 0.6 is 0 Å². The van der Waals surface area contributed by atoms with Crippen molar-refractivity contribution in [3.8, 4) is 11.3 Å². The molecule has 0 bridgehead atoms. The molecule has 3 rings (SSSR count). The number of hydrogen-bond donors (Lipinski definition) is 3. The van der Waals surface area contributed by atoms with Crippen molar-refractivity contribution < 1.29 is 31.4 Å². The van der Waals surface area contributed by atoms with Gasteiger partial charge in [0.1, 0.15) is 5.69 Å². The van der Waals surface area contributed by atoms with E-state index in [1.54, 1.807) is 0 Å². The Bertz CT molecular complexity index is 1060. The zero-order valence-electron chi connectivity index (χ0n) is 19.6. The fourth-order valence-electron chi connectivity index (χ4n) is 3.96. The number of pyridine rings is 1. The Hall–Kier alpha value is -2.69. The predicted molar refractivity (Wildman–Crippen MR) is 126 cm³/mol. The Morgan fingerprint density at radius 2 is 1.67 bits per heavy atom. The summed E-state index contributed by atoms with van der Waals surface area (Å²) in [6.45, 7) is 5.80. The Morgan fingerprint density at radius 3 is 2.31 bits per heavy atom. The number of aliphatic hydroxyl groups is 1. The van der Waals surface area contributed by atoms with Crippen LogP contribution in [0.3, 0.4) is 0 Å². The van der Waals surface area contributed by atoms with Crippen molar-refractivity contribution in [1.29, 1.82) is 0 Å². The lowest BCUT2D eigenvalue weighted by atomic mass is 9.91. The Kier molecular flexibility index (Phi) is 9.32. The first-order valence-corrected chi connectivity index (χ1v) is 11.6. The molecule has 36 heavy (non-hydrogen) atoms. The Labute approximate surface area is 206 Å². The average Bonchev–Trinajstić information content (AvgIpc) is 2.82. The van der Waals surface area contributed by atoms with Gasteiger partial charge in [-0.05, 0) is 55.5 Å². The van der Waals surface area contributed by atoms with E-state index >= 15 is 0 Å². The van der Waals surface area contributed by atoms with Gasteiger partial charge in [0.15, 0.2) is 0 Å². The van der Waals surface area contributed by atoms with Gasteiger partial charge in [0.25, 0.3) is 0 Å². The minimum absolute atomic E-state index is 0.00362. The molecule has 1 heterocycles. The summed E-state index contributed by atoms with van der Waals surface area (Å²) in [5.74, 6) is 0. The maximum Gasteiger partial charge on any atom is 0.433 e. The third-order valence-corrected chi connectivity index (χ3v) is 5.89. The molecule has 0 spiro atoms. The molecule has 1 aromatic heterocycles. The van der Waals surface area contributed by atoms with Gasteiger partial charge in [-0.1, -0.05) is 35.9 Å². The largest absolute Gasteiger partial charge is 0.433 e. The summed E-state index contributed by atoms with van der Waals surface area (Å²) < 4.78 is 78.6. The van der Waals surface area contributed by atoms with Gasteiger partial charge in [-0.2, -0.15) is 26.3 Å². The van der Waals surface area contributed by atoms with Gasteiger partial charge in [-0.3, -0.25) is 0 Å². The lowest BCUT2D eigenvalue weighted by Crippen LogP contribution is -2.30. The number of aliphatic hydroxyl groups excluding tert-OH is 1. The minimum Gasteiger partial charge on any atom is -0.387 e. The standard InChI is InChI=1S/C26H29F6N3O/c1-17-3-2-4-18(13-17)9-10-33-11-12-34-16-23(36)20-14-22(35-24(15-20)26(30,31)32)19-5-7-21(8-6-19)25(27,28)29/h5-9,14-15,23,33-34,36H,1-4,10-13,16H2/b18-9+/t23-/m0/s1. The number of nitrogens with one attached hydrogen (secondary N) is 2. The molecule has 3 N–H and O–H groups in total. The summed E-state index contributed by atoms with van der Waals surface area (Å²) in [6, 6.07) is 5.69. The van der Waals surface area contributed by atoms with Crippen LogP contribution in [0.5, 0.6) is 0 Å². The zero-order valence-corrected chi connectivity index (χ0v) is 19.6. The Balaban J connectivity index is 1.59. The normalized spacial score (nSPS) is 17.0. The van der Waals surface area contributed by atoms with Crippen LogP contribution < -0.4 is 10.6 Å². The quantitative estimate of drug-likeness (QED) is 0.217. The molecule has 0 aliphatic heterocycles. The monoisotopic (exact) mass is 513 g/mol. The lowest BCUT2D eigenvalue weighted by Gasteiger charge is -2.17. The first-order valence-electron chi connectivity index (χ1n) is 11.6. The van der Waals surface area contributed by atoms with E-state index in [0.29, 0.717) is 19.6 Å². The highest BCUT2D eigenvalue weighted by molar-refractivity contribution is 5.61. The number of halogens is 6. The highest BCUT2D eigenvalue weighted by Crippen LogP contribution is 2.34. The number of rotatable bonds is 9. The molecule has 0 unspecified atom stereocenters. The number of benzene rings is 1. The van der Waals surface area contributed by atoms with E-state index in [1.807, 2.05) is 0 Å². The van der Waals surface area contributed by atoms with Crippen LogP contribution in [-0.2, 0) is 12.4 Å². The van der Waals surface area contributed by atoms with E-state index in [9.17, 15) is 31.4 Å². The third kappa shape index (κ3) is 8.18. The molecule has 4 nitrogen and oxygen atoms in total. The summed E-state index contributed by atoms with van der Waals surface area (Å²) in [5, 5.41) is 16.7. The van der Waals surface area contributed by atoms with E-state index in [4.69, 9.17) is 0 Å². The zero-order chi connectivity index (χ0) is 26.3. The topological polar surface area (TPSA) is 57.2 Å². The molecule has 0 amide bonds. The van der Waals surface area contributed by atoms with Crippen LogP contribution in [0.15, 0.2) is 60.2 Å². The van der Waals surface area contributed by atoms with Crippen molar-refractivity contribution in [2.24, 2.45) is 0 Å². The molecule has 1 fully saturated rings. The average molecular weight is 514 g/mol. The summed E-state index contributed by atoms with van der Waals surface area (Å²) >= 11 is 0. The van der Waals surface area contributed by atoms with Crippen molar-refractivity contribution in [3.05, 3.63) is 77.0 Å². The fourth-order valence-corrected chi connectivity index (χ4v) is 3.96. The van der Waals surface area contributed by atoms with Crippen LogP contribution in [-0.4, -0.2) is 36.3 Å². The van der Waals surface area contributed by atoms with Crippen molar-refractivity contribution in [2.75, 3.05) is 26.2 Å². The maximum atomic E-state index is 13.4. The molecular weight excluding hydrogens is 484 g/mol. The van der Waals surface area contributed by atoms with E-state index in [0.717, 1.165) is 56.0 Å². The van der Waals surface area contributed by atoms with E-state index in [1.165, 1.54) is 17.2 Å². The van der Waals surface area contributed by atoms with E-state index < -0.39 is 29.7 Å². The van der Waals surface area contributed by atoms with Crippen LogP contribution in [0.4, 0.5) is 26.3 Å². The molecule has 1 aliphatic carbocycles. The second kappa shape index (κ2) is 12.0. The summed E-state index contributed by atoms with van der Waals surface area (Å²) in [5.41, 5.74) is 0.335. The van der Waals surface area contributed by atoms with Crippen molar-refractivity contribution in [1.82, 2.24) is 15.6 Å². The van der Waals surface area contributed by atoms with Crippen molar-refractivity contribution in [3.63, 3.8) is 0 Å². The number of hydrogen-bond acceptors (Lipinski definition) is 4. The van der Waals surface area contributed by atoms with Crippen LogP contribution in [0, 0.1) is 0 Å². The van der Waals surface area contributed by atoms with Gasteiger partial charge in [-0.25, -0.2) is 4.98 Å². The van der Waals surface area contributed by atoms with Gasteiger partial charge in [-0.15, -0.1) is 0 Å². The van der Waals surface area contributed by atoms with E-state index in [2.05, 4.69) is 28.3 Å². The molecule has 10 heteroatoms. The lowest BCUT2D eigenvalue weighted by molar-refractivity contribution is -0.141. The molecule has 1 aromatic carbocycles. The predicted octanol–water partition coefficient (Wildman–Crippen LogP) is 6.06. The van der Waals surface area contributed by atoms with Gasteiger partial charge in [0, 0.05) is 31.7 Å². The maximum absolute atomic E-state index is 13.4. The molecular formula is C26H29F6N3O. The highest BCUT2D eigenvalue weighted by Gasteiger charge is 2.34. The van der Waals surface area contributed by atoms with Gasteiger partial charge in [0.05, 0.1) is 17.4 Å². The second-order valence-electron chi connectivity index (χ2n) is 8.81. The third-order valence-electron chi connectivity index (χ3n) is 5.89. The molecule has 1 saturated carbocycles. The molecule has 0 radical (unpaired) electrons. The first kappa shape index (κ1) is 27.9. The summed E-state index contributed by atoms with van der Waals surface area (Å²) in [6.07, 6.45) is -4.26. The highest BCUT2D eigenvalue weighted by atomic mass is 19.4.